The van der Waals surface area contributed by atoms with Crippen LogP contribution >= 0.6 is 11.8 Å². The molecule has 0 bridgehead atoms. The van der Waals surface area contributed by atoms with E-state index in [1.54, 1.807) is 23.9 Å². The van der Waals surface area contributed by atoms with Crippen molar-refractivity contribution in [2.45, 2.75) is 5.03 Å². The Labute approximate surface area is 159 Å². The molecule has 2 aromatic carbocycles. The number of fused-ring (bicyclic) bond motifs is 1. The first kappa shape index (κ1) is 17.2. The van der Waals surface area contributed by atoms with Gasteiger partial charge in [0.15, 0.2) is 16.9 Å². The molecule has 134 valence electrons. The second-order valence-electron chi connectivity index (χ2n) is 5.63. The van der Waals surface area contributed by atoms with Crippen LogP contribution in [0.4, 0.5) is 0 Å². The third kappa shape index (κ3) is 3.52. The highest BCUT2D eigenvalue weighted by atomic mass is 32.2. The van der Waals surface area contributed by atoms with Crippen LogP contribution in [0.15, 0.2) is 66.0 Å². The van der Waals surface area contributed by atoms with Gasteiger partial charge in [-0.25, -0.2) is 9.97 Å². The van der Waals surface area contributed by atoms with Gasteiger partial charge in [0.1, 0.15) is 17.1 Å². The van der Waals surface area contributed by atoms with E-state index in [0.717, 1.165) is 5.69 Å². The molecule has 0 saturated carbocycles. The van der Waals surface area contributed by atoms with E-state index in [9.17, 15) is 4.79 Å². The first-order valence-corrected chi connectivity index (χ1v) is 9.16. The summed E-state index contributed by atoms with van der Waals surface area (Å²) in [4.78, 5) is 20.9. The number of ketones is 1. The summed E-state index contributed by atoms with van der Waals surface area (Å²) in [6, 6.07) is 16.7. The maximum absolute atomic E-state index is 12.3. The molecule has 0 aliphatic heterocycles. The number of aromatic nitrogens is 5. The Morgan fingerprint density at radius 3 is 2.78 bits per heavy atom. The second-order valence-corrected chi connectivity index (χ2v) is 6.60. The zero-order valence-electron chi connectivity index (χ0n) is 14.4. The summed E-state index contributed by atoms with van der Waals surface area (Å²) in [6.07, 6.45) is 1.46. The Balaban J connectivity index is 1.62. The number of benzene rings is 2. The number of rotatable bonds is 6. The molecule has 0 fully saturated rings. The van der Waals surface area contributed by atoms with Gasteiger partial charge in [0.05, 0.1) is 18.6 Å². The van der Waals surface area contributed by atoms with Gasteiger partial charge in [-0.2, -0.15) is 4.68 Å². The lowest BCUT2D eigenvalue weighted by molar-refractivity contribution is 0.102. The van der Waals surface area contributed by atoms with Crippen molar-refractivity contribution in [1.29, 1.82) is 0 Å². The molecule has 0 unspecified atom stereocenters. The summed E-state index contributed by atoms with van der Waals surface area (Å²) in [6.45, 7) is 0. The zero-order chi connectivity index (χ0) is 18.6. The number of carbonyl (C=O) groups excluding carboxylic acids is 1. The van der Waals surface area contributed by atoms with Gasteiger partial charge >= 0.3 is 0 Å². The average Bonchev–Trinajstić information content (AvgIpc) is 3.17. The lowest BCUT2D eigenvalue weighted by Gasteiger charge is -2.05. The highest BCUT2D eigenvalue weighted by Gasteiger charge is 2.15. The number of carbonyl (C=O) groups is 1. The summed E-state index contributed by atoms with van der Waals surface area (Å²) in [7, 11) is 1.61. The lowest BCUT2D eigenvalue weighted by Crippen LogP contribution is -2.02. The first-order valence-electron chi connectivity index (χ1n) is 8.18. The van der Waals surface area contributed by atoms with E-state index in [1.807, 2.05) is 42.5 Å². The summed E-state index contributed by atoms with van der Waals surface area (Å²) in [5.74, 6) is 1.02. The van der Waals surface area contributed by atoms with E-state index in [0.29, 0.717) is 27.5 Å². The minimum absolute atomic E-state index is 0.0348. The Morgan fingerprint density at radius 1 is 1.11 bits per heavy atom. The standard InChI is InChI=1S/C19H15N5O2S/c1-26-15-9-5-8-14(10-15)24-18-17(22-23-24)19(21-12-20-18)27-11-16(25)13-6-3-2-4-7-13/h2-10,12H,11H2,1H3. The van der Waals surface area contributed by atoms with E-state index in [2.05, 4.69) is 20.3 Å². The van der Waals surface area contributed by atoms with Crippen LogP contribution in [0.25, 0.3) is 16.9 Å². The molecule has 0 aliphatic carbocycles. The molecule has 4 rings (SSSR count). The summed E-state index contributed by atoms with van der Waals surface area (Å²) in [5, 5.41) is 9.04. The van der Waals surface area contributed by atoms with Crippen molar-refractivity contribution in [2.24, 2.45) is 0 Å². The maximum Gasteiger partial charge on any atom is 0.187 e. The maximum atomic E-state index is 12.3. The van der Waals surface area contributed by atoms with Crippen LogP contribution in [-0.4, -0.2) is 43.6 Å². The smallest absolute Gasteiger partial charge is 0.187 e. The van der Waals surface area contributed by atoms with E-state index < -0.39 is 0 Å². The molecule has 0 amide bonds. The minimum atomic E-state index is 0.0348. The zero-order valence-corrected chi connectivity index (χ0v) is 15.3. The van der Waals surface area contributed by atoms with Gasteiger partial charge in [-0.15, -0.1) is 5.10 Å². The van der Waals surface area contributed by atoms with Gasteiger partial charge in [0, 0.05) is 11.6 Å². The summed E-state index contributed by atoms with van der Waals surface area (Å²) in [5.41, 5.74) is 2.60. The molecule has 0 spiro atoms. The molecule has 4 aromatic rings. The topological polar surface area (TPSA) is 82.8 Å². The first-order chi connectivity index (χ1) is 13.3. The van der Waals surface area contributed by atoms with Gasteiger partial charge in [-0.1, -0.05) is 53.4 Å². The number of hydrogen-bond acceptors (Lipinski definition) is 7. The fourth-order valence-corrected chi connectivity index (χ4v) is 3.42. The quantitative estimate of drug-likeness (QED) is 0.290. The Kier molecular flexibility index (Phi) is 4.80. The van der Waals surface area contributed by atoms with Gasteiger partial charge in [0.25, 0.3) is 0 Å². The van der Waals surface area contributed by atoms with E-state index in [1.165, 1.54) is 18.1 Å². The predicted molar refractivity (Wildman–Crippen MR) is 103 cm³/mol. The van der Waals surface area contributed by atoms with Crippen molar-refractivity contribution < 1.29 is 9.53 Å². The Hall–Kier alpha value is -3.26. The highest BCUT2D eigenvalue weighted by molar-refractivity contribution is 8.00. The van der Waals surface area contributed by atoms with Crippen molar-refractivity contribution in [2.75, 3.05) is 12.9 Å². The Bertz CT molecular complexity index is 1100. The molecule has 7 nitrogen and oxygen atoms in total. The van der Waals surface area contributed by atoms with Gasteiger partial charge in [-0.05, 0) is 12.1 Å². The SMILES string of the molecule is COc1cccc(-n2nnc3c(SCC(=O)c4ccccc4)ncnc32)c1. The average molecular weight is 377 g/mol. The monoisotopic (exact) mass is 377 g/mol. The van der Waals surface area contributed by atoms with Crippen molar-refractivity contribution in [3.8, 4) is 11.4 Å². The fraction of sp³-hybridized carbons (Fsp3) is 0.105. The van der Waals surface area contributed by atoms with E-state index >= 15 is 0 Å². The highest BCUT2D eigenvalue weighted by Crippen LogP contribution is 2.25. The third-order valence-electron chi connectivity index (χ3n) is 3.94. The third-order valence-corrected chi connectivity index (χ3v) is 4.92. The van der Waals surface area contributed by atoms with Crippen LogP contribution in [0.1, 0.15) is 10.4 Å². The largest absolute Gasteiger partial charge is 0.497 e. The van der Waals surface area contributed by atoms with Crippen molar-refractivity contribution in [3.05, 3.63) is 66.5 Å². The van der Waals surface area contributed by atoms with Crippen molar-refractivity contribution in [3.63, 3.8) is 0 Å². The number of methoxy groups -OCH3 is 1. The Morgan fingerprint density at radius 2 is 1.96 bits per heavy atom. The molecular formula is C19H15N5O2S. The number of nitrogens with zero attached hydrogens (tertiary/aromatic N) is 5. The molecule has 0 saturated heterocycles. The lowest BCUT2D eigenvalue weighted by atomic mass is 10.2. The van der Waals surface area contributed by atoms with Gasteiger partial charge in [-0.3, -0.25) is 4.79 Å². The van der Waals surface area contributed by atoms with Crippen LogP contribution in [0.5, 0.6) is 5.75 Å². The van der Waals surface area contributed by atoms with Crippen LogP contribution in [-0.2, 0) is 0 Å². The minimum Gasteiger partial charge on any atom is -0.497 e. The molecule has 0 radical (unpaired) electrons. The van der Waals surface area contributed by atoms with E-state index in [4.69, 9.17) is 4.74 Å². The molecule has 0 aliphatic rings. The van der Waals surface area contributed by atoms with Crippen LogP contribution < -0.4 is 4.74 Å². The van der Waals surface area contributed by atoms with Crippen molar-refractivity contribution in [1.82, 2.24) is 25.0 Å². The van der Waals surface area contributed by atoms with Crippen LogP contribution in [0, 0.1) is 0 Å². The number of Topliss-reactive ketones (excluding diaryl/α,β-unsaturated/α-hetero) is 1. The second kappa shape index (κ2) is 7.55. The van der Waals surface area contributed by atoms with Gasteiger partial charge in [0.2, 0.25) is 0 Å². The number of hydrogen-bond donors (Lipinski definition) is 0. The summed E-state index contributed by atoms with van der Waals surface area (Å²) < 4.78 is 6.89. The van der Waals surface area contributed by atoms with Crippen LogP contribution in [0.3, 0.4) is 0 Å². The molecule has 27 heavy (non-hydrogen) atoms. The molecule has 8 heteroatoms. The predicted octanol–water partition coefficient (Wildman–Crippen LogP) is 3.19. The number of ether oxygens (including phenoxy) is 1. The summed E-state index contributed by atoms with van der Waals surface area (Å²) >= 11 is 1.33. The molecule has 2 aromatic heterocycles. The molecular weight excluding hydrogens is 362 g/mol. The van der Waals surface area contributed by atoms with Gasteiger partial charge < -0.3 is 4.74 Å². The molecule has 0 atom stereocenters. The van der Waals surface area contributed by atoms with Crippen molar-refractivity contribution >= 4 is 28.7 Å². The normalized spacial score (nSPS) is 10.9. The number of thioether (sulfide) groups is 1. The fourth-order valence-electron chi connectivity index (χ4n) is 2.59. The molecule has 2 heterocycles. The molecule has 0 N–H and O–H groups in total. The van der Waals surface area contributed by atoms with E-state index in [-0.39, 0.29) is 11.5 Å². The van der Waals surface area contributed by atoms with Crippen LogP contribution in [0.2, 0.25) is 0 Å².